The van der Waals surface area contributed by atoms with Crippen LogP contribution < -0.4 is 15.1 Å². The van der Waals surface area contributed by atoms with Crippen LogP contribution in [0.3, 0.4) is 0 Å². The number of amides is 2. The molecule has 8 rings (SSSR count). The molecule has 0 saturated carbocycles. The summed E-state index contributed by atoms with van der Waals surface area (Å²) >= 11 is 0. The van der Waals surface area contributed by atoms with Crippen molar-refractivity contribution >= 4 is 29.3 Å². The lowest BCUT2D eigenvalue weighted by molar-refractivity contribution is 0.0167. The zero-order valence-electron chi connectivity index (χ0n) is 41.5. The van der Waals surface area contributed by atoms with Gasteiger partial charge in [-0.3, -0.25) is 4.79 Å². The molecule has 3 aromatic carbocycles. The number of nitrogens with zero attached hydrogens (tertiary/aromatic N) is 10. The van der Waals surface area contributed by atoms with Gasteiger partial charge in [0.1, 0.15) is 29.6 Å². The van der Waals surface area contributed by atoms with Crippen molar-refractivity contribution in [3.05, 3.63) is 134 Å². The molecule has 2 amide bonds. The number of ether oxygens (including phenoxy) is 2. The number of benzene rings is 3. The van der Waals surface area contributed by atoms with Gasteiger partial charge in [-0.05, 0) is 41.5 Å². The zero-order valence-corrected chi connectivity index (χ0v) is 41.5. The third kappa shape index (κ3) is 15.5. The molecule has 366 valence electrons. The molecule has 0 atom stereocenters. The average molecular weight is 940 g/mol. The van der Waals surface area contributed by atoms with Crippen molar-refractivity contribution in [3.8, 4) is 22.5 Å². The third-order valence-corrected chi connectivity index (χ3v) is 11.1. The maximum atomic E-state index is 12.9. The number of nitrogens with one attached hydrogen (secondary N) is 1. The number of carbonyl (C=O) groups is 3. The summed E-state index contributed by atoms with van der Waals surface area (Å²) in [5, 5.41) is 3.36. The number of piperazine rings is 3. The van der Waals surface area contributed by atoms with Crippen LogP contribution in [0, 0.1) is 0 Å². The Balaban J connectivity index is 0.000000173. The van der Waals surface area contributed by atoms with Gasteiger partial charge in [-0.15, -0.1) is 0 Å². The predicted octanol–water partition coefficient (Wildman–Crippen LogP) is 7.58. The van der Waals surface area contributed by atoms with Crippen LogP contribution in [0.25, 0.3) is 22.5 Å². The summed E-state index contributed by atoms with van der Waals surface area (Å²) in [6.45, 7) is 20.2. The Bertz CT molecular complexity index is 2420. The molecule has 0 radical (unpaired) electrons. The number of hydrogen-bond acceptors (Lipinski definition) is 14. The molecular formula is C53H69N11O5. The third-order valence-electron chi connectivity index (χ3n) is 11.1. The van der Waals surface area contributed by atoms with Gasteiger partial charge in [0.05, 0.1) is 35.2 Å². The van der Waals surface area contributed by atoms with E-state index in [2.05, 4.69) is 47.2 Å². The van der Waals surface area contributed by atoms with Gasteiger partial charge in [0.2, 0.25) is 5.78 Å². The molecule has 0 unspecified atom stereocenters. The molecule has 3 fully saturated rings. The van der Waals surface area contributed by atoms with E-state index in [1.54, 1.807) is 22.5 Å². The average Bonchev–Trinajstić information content (AvgIpc) is 3.36. The fourth-order valence-electron chi connectivity index (χ4n) is 7.83. The minimum Gasteiger partial charge on any atom is -0.444 e. The Morgan fingerprint density at radius 3 is 1.36 bits per heavy atom. The van der Waals surface area contributed by atoms with E-state index >= 15 is 0 Å². The lowest BCUT2D eigenvalue weighted by atomic mass is 10.1. The molecule has 0 bridgehead atoms. The van der Waals surface area contributed by atoms with Crippen molar-refractivity contribution < 1.29 is 23.9 Å². The Labute approximate surface area is 408 Å². The first kappa shape index (κ1) is 51.3. The van der Waals surface area contributed by atoms with Crippen molar-refractivity contribution in [2.75, 3.05) is 102 Å². The molecule has 16 heteroatoms. The first-order valence-electron chi connectivity index (χ1n) is 23.7. The Hall–Kier alpha value is -7.07. The van der Waals surface area contributed by atoms with Gasteiger partial charge in [-0.1, -0.05) is 91.0 Å². The highest BCUT2D eigenvalue weighted by Crippen LogP contribution is 2.30. The van der Waals surface area contributed by atoms with E-state index in [0.717, 1.165) is 73.2 Å². The van der Waals surface area contributed by atoms with E-state index in [-0.39, 0.29) is 18.0 Å². The number of ketones is 1. The molecule has 3 saturated heterocycles. The summed E-state index contributed by atoms with van der Waals surface area (Å²) in [6, 6.07) is 29.6. The van der Waals surface area contributed by atoms with Crippen LogP contribution in [0.1, 0.15) is 51.9 Å². The number of anilines is 2. The largest absolute Gasteiger partial charge is 0.444 e. The van der Waals surface area contributed by atoms with E-state index in [1.165, 1.54) is 0 Å². The summed E-state index contributed by atoms with van der Waals surface area (Å²) in [4.78, 5) is 66.6. The molecule has 1 N–H and O–H groups in total. The van der Waals surface area contributed by atoms with Crippen LogP contribution in [0.5, 0.6) is 0 Å². The summed E-state index contributed by atoms with van der Waals surface area (Å²) in [5.41, 5.74) is 6.61. The standard InChI is InChI=1S/C20H29N3O3.C19H24N4O2.C14H16N4/c1-20(2,3)26-19(25)23-13-11-22(12-14-23)17(15-21(4)5)18(24)16-9-7-6-8-10-16;1-19(2,3)25-18(24)23-11-9-22(10-12-23)16-13-20-14-21-17(16)15-7-5-4-6-8-15;1-2-4-12(5-3-1)14-13(10-16-11-17-14)18-8-6-15-7-9-18/h6-10,15H,11-14H2,1-5H3;4-8,13-14H,9-12H2,1-3H3;1-5,10-11,15H,6-9H2/b17-15-;;. The summed E-state index contributed by atoms with van der Waals surface area (Å²) < 4.78 is 10.9. The zero-order chi connectivity index (χ0) is 49.4. The number of hydrogen-bond donors (Lipinski definition) is 1. The van der Waals surface area contributed by atoms with Crippen molar-refractivity contribution in [1.82, 2.24) is 44.9 Å². The minimum atomic E-state index is -0.506. The van der Waals surface area contributed by atoms with Gasteiger partial charge in [0.15, 0.2) is 0 Å². The number of allylic oxidation sites excluding steroid dienone is 1. The van der Waals surface area contributed by atoms with E-state index < -0.39 is 11.2 Å². The SMILES string of the molecule is CC(C)(C)OC(=O)N1CCN(c2cncnc2-c2ccccc2)CC1.CN(C)/C=C(/C(=O)c1ccccc1)N1CCN(C(=O)OC(C)(C)C)CC1.c1ccc(-c2ncncc2N2CCNCC2)cc1. The summed E-state index contributed by atoms with van der Waals surface area (Å²) in [7, 11) is 3.80. The summed E-state index contributed by atoms with van der Waals surface area (Å²) in [5.74, 6) is -0.00924. The molecule has 16 nitrogen and oxygen atoms in total. The topological polar surface area (TPSA) is 153 Å². The van der Waals surface area contributed by atoms with Gasteiger partial charge in [-0.25, -0.2) is 29.5 Å². The first-order valence-corrected chi connectivity index (χ1v) is 23.7. The highest BCUT2D eigenvalue weighted by atomic mass is 16.6. The molecule has 0 spiro atoms. The van der Waals surface area contributed by atoms with Crippen molar-refractivity contribution in [3.63, 3.8) is 0 Å². The number of rotatable bonds is 8. The van der Waals surface area contributed by atoms with E-state index in [9.17, 15) is 14.4 Å². The second kappa shape index (κ2) is 24.3. The lowest BCUT2D eigenvalue weighted by Crippen LogP contribution is -2.50. The number of aromatic nitrogens is 4. The van der Waals surface area contributed by atoms with Gasteiger partial charge in [0.25, 0.3) is 0 Å². The highest BCUT2D eigenvalue weighted by molar-refractivity contribution is 6.08. The second-order valence-corrected chi connectivity index (χ2v) is 19.1. The van der Waals surface area contributed by atoms with E-state index in [1.807, 2.05) is 163 Å². The fraction of sp³-hybridized carbons (Fsp3) is 0.415. The molecule has 5 aromatic rings. The monoisotopic (exact) mass is 940 g/mol. The maximum Gasteiger partial charge on any atom is 0.410 e. The highest BCUT2D eigenvalue weighted by Gasteiger charge is 2.30. The van der Waals surface area contributed by atoms with Crippen molar-refractivity contribution in [2.24, 2.45) is 0 Å². The number of carbonyl (C=O) groups excluding carboxylic acids is 3. The minimum absolute atomic E-state index is 0.00924. The van der Waals surface area contributed by atoms with Gasteiger partial charge in [0, 0.05) is 116 Å². The van der Waals surface area contributed by atoms with Gasteiger partial charge >= 0.3 is 12.2 Å². The molecule has 69 heavy (non-hydrogen) atoms. The second-order valence-electron chi connectivity index (χ2n) is 19.1. The van der Waals surface area contributed by atoms with Crippen LogP contribution >= 0.6 is 0 Å². The van der Waals surface area contributed by atoms with Gasteiger partial charge in [-0.2, -0.15) is 0 Å². The smallest absolute Gasteiger partial charge is 0.410 e. The van der Waals surface area contributed by atoms with Crippen molar-refractivity contribution in [2.45, 2.75) is 52.7 Å². The first-order chi connectivity index (χ1) is 33.1. The van der Waals surface area contributed by atoms with Crippen LogP contribution in [0.4, 0.5) is 21.0 Å². The van der Waals surface area contributed by atoms with Crippen LogP contribution in [0.2, 0.25) is 0 Å². The number of Topliss-reactive ketones (excluding diaryl/α,β-unsaturated/α-hetero) is 1. The normalized spacial score (nSPS) is 15.5. The predicted molar refractivity (Wildman–Crippen MR) is 272 cm³/mol. The van der Waals surface area contributed by atoms with Crippen LogP contribution in [-0.2, 0) is 9.47 Å². The molecular weight excluding hydrogens is 871 g/mol. The Kier molecular flexibility index (Phi) is 18.1. The molecule has 3 aliphatic rings. The van der Waals surface area contributed by atoms with Crippen LogP contribution in [-0.4, -0.2) is 161 Å². The fourth-order valence-corrected chi connectivity index (χ4v) is 7.83. The van der Waals surface area contributed by atoms with Crippen LogP contribution in [0.15, 0.2) is 128 Å². The Morgan fingerprint density at radius 1 is 0.551 bits per heavy atom. The quantitative estimate of drug-likeness (QED) is 0.120. The Morgan fingerprint density at radius 2 is 0.942 bits per heavy atom. The lowest BCUT2D eigenvalue weighted by Gasteiger charge is -2.37. The molecule has 3 aliphatic heterocycles. The molecule has 5 heterocycles. The van der Waals surface area contributed by atoms with E-state index in [4.69, 9.17) is 9.47 Å². The van der Waals surface area contributed by atoms with E-state index in [0.29, 0.717) is 50.5 Å². The van der Waals surface area contributed by atoms with Gasteiger partial charge < -0.3 is 44.2 Å². The maximum absolute atomic E-state index is 12.9. The molecule has 2 aromatic heterocycles. The molecule has 0 aliphatic carbocycles. The summed E-state index contributed by atoms with van der Waals surface area (Å²) in [6.07, 6.45) is 8.25. The van der Waals surface area contributed by atoms with Crippen molar-refractivity contribution in [1.29, 1.82) is 0 Å².